The molecule has 0 saturated heterocycles. The molecule has 0 aliphatic heterocycles. The molecule has 0 N–H and O–H groups in total. The van der Waals surface area contributed by atoms with E-state index in [1.807, 2.05) is 0 Å². The van der Waals surface area contributed by atoms with Crippen LogP contribution in [0.25, 0.3) is 66.1 Å². The third-order valence-electron chi connectivity index (χ3n) is 14.9. The fourth-order valence-electron chi connectivity index (χ4n) is 11.8. The molecule has 0 heterocycles. The lowest BCUT2D eigenvalue weighted by Crippen LogP contribution is -2.28. The molecule has 1 nitrogen and oxygen atoms in total. The van der Waals surface area contributed by atoms with Crippen LogP contribution in [-0.4, -0.2) is 0 Å². The van der Waals surface area contributed by atoms with E-state index in [0.717, 1.165) is 17.1 Å². The van der Waals surface area contributed by atoms with Gasteiger partial charge in [-0.25, -0.2) is 0 Å². The van der Waals surface area contributed by atoms with Gasteiger partial charge >= 0.3 is 0 Å². The van der Waals surface area contributed by atoms with Crippen molar-refractivity contribution in [3.05, 3.63) is 282 Å². The second kappa shape index (κ2) is 15.2. The Morgan fingerprint density at radius 1 is 0.299 bits per heavy atom. The summed E-state index contributed by atoms with van der Waals surface area (Å²) >= 11 is 0. The Kier molecular flexibility index (Phi) is 8.85. The minimum absolute atomic E-state index is 0.178. The summed E-state index contributed by atoms with van der Waals surface area (Å²) in [7, 11) is 0. The Bertz CT molecular complexity index is 3680. The predicted molar refractivity (Wildman–Crippen MR) is 282 cm³/mol. The third kappa shape index (κ3) is 5.94. The SMILES string of the molecule is CC1(C)c2ccccc2-c2ccc(N(c3ccc4c(c3)C(c3ccccc3)(c3ccccc3)c3ccccc3-4)c3ccc(-c4cccc5ccccc45)cc3-c3ccc4ccccc4c3)cc21. The number of benzene rings is 11. The van der Waals surface area contributed by atoms with E-state index in [4.69, 9.17) is 0 Å². The normalized spacial score (nSPS) is 13.8. The van der Waals surface area contributed by atoms with Gasteiger partial charge in [0.15, 0.2) is 0 Å². The summed E-state index contributed by atoms with van der Waals surface area (Å²) in [6, 6.07) is 92.9. The first-order chi connectivity index (χ1) is 33.0. The van der Waals surface area contributed by atoms with Gasteiger partial charge in [-0.15, -0.1) is 0 Å². The molecule has 0 aromatic heterocycles. The van der Waals surface area contributed by atoms with Crippen LogP contribution in [0.15, 0.2) is 249 Å². The molecular weight excluding hydrogens is 807 g/mol. The Morgan fingerprint density at radius 3 is 1.54 bits per heavy atom. The van der Waals surface area contributed by atoms with Gasteiger partial charge in [0.25, 0.3) is 0 Å². The molecule has 0 atom stereocenters. The van der Waals surface area contributed by atoms with E-state index in [0.29, 0.717) is 0 Å². The highest BCUT2D eigenvalue weighted by molar-refractivity contribution is 6.01. The fourth-order valence-corrected chi connectivity index (χ4v) is 11.8. The van der Waals surface area contributed by atoms with Gasteiger partial charge in [0.05, 0.1) is 11.1 Å². The van der Waals surface area contributed by atoms with Gasteiger partial charge in [0, 0.05) is 22.4 Å². The topological polar surface area (TPSA) is 3.24 Å². The molecular formula is C66H47N. The smallest absolute Gasteiger partial charge is 0.0714 e. The van der Waals surface area contributed by atoms with E-state index < -0.39 is 5.41 Å². The monoisotopic (exact) mass is 853 g/mol. The van der Waals surface area contributed by atoms with Crippen LogP contribution in [0.1, 0.15) is 47.2 Å². The van der Waals surface area contributed by atoms with Crippen molar-refractivity contribution in [1.29, 1.82) is 0 Å². The van der Waals surface area contributed by atoms with Crippen molar-refractivity contribution in [2.75, 3.05) is 4.90 Å². The van der Waals surface area contributed by atoms with Crippen LogP contribution in [0.2, 0.25) is 0 Å². The maximum absolute atomic E-state index is 2.54. The number of fused-ring (bicyclic) bond motifs is 8. The van der Waals surface area contributed by atoms with Crippen LogP contribution in [0.3, 0.4) is 0 Å². The lowest BCUT2D eigenvalue weighted by atomic mass is 9.67. The van der Waals surface area contributed by atoms with Crippen molar-refractivity contribution in [3.8, 4) is 44.5 Å². The Labute approximate surface area is 392 Å². The molecule has 0 spiro atoms. The van der Waals surface area contributed by atoms with Gasteiger partial charge in [-0.3, -0.25) is 0 Å². The van der Waals surface area contributed by atoms with E-state index in [1.54, 1.807) is 0 Å². The van der Waals surface area contributed by atoms with E-state index in [-0.39, 0.29) is 5.41 Å². The molecule has 13 rings (SSSR count). The zero-order valence-electron chi connectivity index (χ0n) is 37.6. The van der Waals surface area contributed by atoms with Gasteiger partial charge in [0.2, 0.25) is 0 Å². The maximum Gasteiger partial charge on any atom is 0.0714 e. The highest BCUT2D eigenvalue weighted by atomic mass is 15.1. The first-order valence-electron chi connectivity index (χ1n) is 23.5. The quantitative estimate of drug-likeness (QED) is 0.154. The summed E-state index contributed by atoms with van der Waals surface area (Å²) in [4.78, 5) is 2.54. The summed E-state index contributed by atoms with van der Waals surface area (Å²) in [5.74, 6) is 0. The maximum atomic E-state index is 2.54. The van der Waals surface area contributed by atoms with Crippen molar-refractivity contribution in [2.24, 2.45) is 0 Å². The Hall–Kier alpha value is -8.26. The van der Waals surface area contributed by atoms with Crippen LogP contribution in [0.5, 0.6) is 0 Å². The number of hydrogen-bond acceptors (Lipinski definition) is 1. The lowest BCUT2D eigenvalue weighted by molar-refractivity contribution is 0.660. The molecule has 11 aromatic rings. The van der Waals surface area contributed by atoms with Crippen molar-refractivity contribution >= 4 is 38.6 Å². The molecule has 0 bridgehead atoms. The zero-order valence-corrected chi connectivity index (χ0v) is 37.6. The number of hydrogen-bond donors (Lipinski definition) is 0. The number of nitrogens with zero attached hydrogens (tertiary/aromatic N) is 1. The lowest BCUT2D eigenvalue weighted by Gasteiger charge is -2.35. The highest BCUT2D eigenvalue weighted by Gasteiger charge is 2.46. The van der Waals surface area contributed by atoms with Crippen LogP contribution in [-0.2, 0) is 10.8 Å². The van der Waals surface area contributed by atoms with Gasteiger partial charge in [-0.1, -0.05) is 220 Å². The number of rotatable bonds is 7. The van der Waals surface area contributed by atoms with Crippen LogP contribution in [0.4, 0.5) is 17.1 Å². The molecule has 2 aliphatic rings. The third-order valence-corrected chi connectivity index (χ3v) is 14.9. The average Bonchev–Trinajstić information content (AvgIpc) is 3.81. The molecule has 0 fully saturated rings. The molecule has 0 unspecified atom stereocenters. The molecule has 2 aliphatic carbocycles. The first kappa shape index (κ1) is 39.1. The second-order valence-corrected chi connectivity index (χ2v) is 18.8. The highest BCUT2D eigenvalue weighted by Crippen LogP contribution is 2.58. The van der Waals surface area contributed by atoms with Gasteiger partial charge in [0.1, 0.15) is 0 Å². The minimum atomic E-state index is -0.545. The summed E-state index contributed by atoms with van der Waals surface area (Å²) in [6.07, 6.45) is 0. The molecule has 316 valence electrons. The fraction of sp³-hybridized carbons (Fsp3) is 0.0606. The average molecular weight is 854 g/mol. The van der Waals surface area contributed by atoms with Gasteiger partial charge < -0.3 is 4.90 Å². The summed E-state index contributed by atoms with van der Waals surface area (Å²) in [5, 5.41) is 4.93. The van der Waals surface area contributed by atoms with Crippen molar-refractivity contribution in [1.82, 2.24) is 0 Å². The standard InChI is InChI=1S/C66H47N/c1-65(2)60-30-15-13-27-55(60)57-37-35-51(42-62(57)65)67(52-36-38-58-56-28-14-16-31-61(56)66(63(58)43-52,49-22-5-3-6-23-49)50-24-7-4-8-25-50)64-39-34-48(54-29-17-21-45-19-11-12-26-53(45)54)41-59(64)47-33-32-44-18-9-10-20-46(44)40-47/h3-43H,1-2H3. The molecule has 1 heteroatoms. The van der Waals surface area contributed by atoms with E-state index in [2.05, 4.69) is 267 Å². The van der Waals surface area contributed by atoms with E-state index in [1.165, 1.54) is 99.4 Å². The molecule has 11 aromatic carbocycles. The largest absolute Gasteiger partial charge is 0.310 e. The van der Waals surface area contributed by atoms with Crippen molar-refractivity contribution < 1.29 is 0 Å². The van der Waals surface area contributed by atoms with E-state index in [9.17, 15) is 0 Å². The van der Waals surface area contributed by atoms with Crippen LogP contribution in [0, 0.1) is 0 Å². The number of anilines is 3. The summed E-state index contributed by atoms with van der Waals surface area (Å²) < 4.78 is 0. The van der Waals surface area contributed by atoms with Crippen molar-refractivity contribution in [2.45, 2.75) is 24.7 Å². The van der Waals surface area contributed by atoms with Crippen LogP contribution >= 0.6 is 0 Å². The molecule has 0 amide bonds. The summed E-state index contributed by atoms with van der Waals surface area (Å²) in [5.41, 5.74) is 20.3. The van der Waals surface area contributed by atoms with Crippen molar-refractivity contribution in [3.63, 3.8) is 0 Å². The Morgan fingerprint density at radius 2 is 0.806 bits per heavy atom. The molecule has 0 radical (unpaired) electrons. The summed E-state index contributed by atoms with van der Waals surface area (Å²) in [6.45, 7) is 4.76. The zero-order chi connectivity index (χ0) is 44.7. The second-order valence-electron chi connectivity index (χ2n) is 18.8. The minimum Gasteiger partial charge on any atom is -0.310 e. The van der Waals surface area contributed by atoms with Crippen LogP contribution < -0.4 is 4.90 Å². The molecule has 0 saturated carbocycles. The first-order valence-corrected chi connectivity index (χ1v) is 23.5. The van der Waals surface area contributed by atoms with Gasteiger partial charge in [-0.2, -0.15) is 0 Å². The Balaban J connectivity index is 1.11. The predicted octanol–water partition coefficient (Wildman–Crippen LogP) is 17.5. The van der Waals surface area contributed by atoms with Gasteiger partial charge in [-0.05, 0) is 136 Å². The molecule has 67 heavy (non-hydrogen) atoms. The van der Waals surface area contributed by atoms with E-state index >= 15 is 0 Å².